The zero-order valence-electron chi connectivity index (χ0n) is 30.9. The van der Waals surface area contributed by atoms with E-state index in [1.807, 2.05) is 24.3 Å². The van der Waals surface area contributed by atoms with Crippen LogP contribution in [0.2, 0.25) is 0 Å². The molecule has 4 N–H and O–H groups in total. The summed E-state index contributed by atoms with van der Waals surface area (Å²) in [4.78, 5) is 32.2. The molecule has 56 heavy (non-hydrogen) atoms. The summed E-state index contributed by atoms with van der Waals surface area (Å²) >= 11 is 0. The molecule has 1 amide bonds. The van der Waals surface area contributed by atoms with Crippen LogP contribution in [0.15, 0.2) is 30.5 Å². The van der Waals surface area contributed by atoms with Crippen LogP contribution in [-0.4, -0.2) is 131 Å². The van der Waals surface area contributed by atoms with Gasteiger partial charge in [-0.05, 0) is 87.8 Å². The fraction of sp³-hybridized carbons (Fsp3) is 0.579. The van der Waals surface area contributed by atoms with Crippen LogP contribution in [0.25, 0.3) is 5.65 Å². The Labute approximate surface area is 320 Å². The first kappa shape index (κ1) is 39.6. The third-order valence-corrected chi connectivity index (χ3v) is 11.7. The molecule has 1 aliphatic carbocycles. The van der Waals surface area contributed by atoms with Gasteiger partial charge in [-0.1, -0.05) is 17.9 Å². The smallest absolute Gasteiger partial charge is 0.475 e. The summed E-state index contributed by atoms with van der Waals surface area (Å²) in [6, 6.07) is 6.69. The standard InChI is InChI=1S/C36H44F3N9O.C2HF3O2/c1-40-28-21-32(44-48-30(22-42-33(28)48)34(49)43-27-20-26(27)37)47-17-7-25-24(4-2-6-29(25)47)5-3-15-45-16-8-31(36(38,39)23-45)46-18-11-35(12-19-46)9-13-41-14-10-35;3-2(4,5)1(6)7/h2,4,6,21-22,26-27,31,40-41H,7-20,23H2,1H3,(H,43,49);(H,6,7)/t26-,27+,31?;/m0./s1. The molecule has 3 aromatic rings. The lowest BCUT2D eigenvalue weighted by Gasteiger charge is -2.49. The number of benzene rings is 1. The van der Waals surface area contributed by atoms with Crippen molar-refractivity contribution in [2.24, 2.45) is 5.41 Å². The van der Waals surface area contributed by atoms with Gasteiger partial charge in [-0.3, -0.25) is 14.6 Å². The number of piperidine rings is 3. The first-order valence-corrected chi connectivity index (χ1v) is 18.9. The minimum atomic E-state index is -5.08. The lowest BCUT2D eigenvalue weighted by atomic mass is 9.71. The van der Waals surface area contributed by atoms with E-state index in [9.17, 15) is 22.4 Å². The van der Waals surface area contributed by atoms with Crippen molar-refractivity contribution in [1.29, 1.82) is 0 Å². The molecular weight excluding hydrogens is 744 g/mol. The van der Waals surface area contributed by atoms with Gasteiger partial charge >= 0.3 is 12.1 Å². The quantitative estimate of drug-likeness (QED) is 0.210. The van der Waals surface area contributed by atoms with E-state index < -0.39 is 42.2 Å². The van der Waals surface area contributed by atoms with E-state index in [1.165, 1.54) is 10.7 Å². The van der Waals surface area contributed by atoms with Gasteiger partial charge in [0.2, 0.25) is 0 Å². The summed E-state index contributed by atoms with van der Waals surface area (Å²) in [6.07, 6.45) is 1.27. The predicted octanol–water partition coefficient (Wildman–Crippen LogP) is 4.47. The zero-order chi connectivity index (χ0) is 39.8. The number of fused-ring (bicyclic) bond motifs is 2. The number of aliphatic carboxylic acids is 1. The topological polar surface area (TPSA) is 130 Å². The molecule has 18 heteroatoms. The van der Waals surface area contributed by atoms with Gasteiger partial charge < -0.3 is 26.0 Å². The van der Waals surface area contributed by atoms with Crippen LogP contribution in [0.1, 0.15) is 60.1 Å². The molecule has 1 saturated carbocycles. The van der Waals surface area contributed by atoms with Crippen LogP contribution in [0.3, 0.4) is 0 Å². The Hall–Kier alpha value is -4.60. The van der Waals surface area contributed by atoms with E-state index in [1.54, 1.807) is 11.9 Å². The fourth-order valence-corrected chi connectivity index (χ4v) is 8.37. The van der Waals surface area contributed by atoms with Crippen molar-refractivity contribution in [1.82, 2.24) is 35.0 Å². The Kier molecular flexibility index (Phi) is 11.1. The number of hydrogen-bond acceptors (Lipinski definition) is 9. The van der Waals surface area contributed by atoms with Gasteiger partial charge in [0, 0.05) is 43.9 Å². The maximum Gasteiger partial charge on any atom is 0.490 e. The number of carboxylic acids is 1. The molecule has 12 nitrogen and oxygen atoms in total. The number of imidazole rings is 1. The van der Waals surface area contributed by atoms with E-state index >= 15 is 8.78 Å². The highest BCUT2D eigenvalue weighted by Gasteiger charge is 2.49. The molecule has 3 atom stereocenters. The van der Waals surface area contributed by atoms with E-state index in [2.05, 4.69) is 42.6 Å². The van der Waals surface area contributed by atoms with Gasteiger partial charge in [0.25, 0.3) is 11.8 Å². The highest BCUT2D eigenvalue weighted by Crippen LogP contribution is 2.42. The molecule has 1 aromatic carbocycles. The van der Waals surface area contributed by atoms with Gasteiger partial charge in [0.05, 0.1) is 37.1 Å². The molecule has 2 aromatic heterocycles. The lowest BCUT2D eigenvalue weighted by Crippen LogP contribution is -2.60. The summed E-state index contributed by atoms with van der Waals surface area (Å²) in [5, 5.41) is 21.2. The van der Waals surface area contributed by atoms with E-state index in [4.69, 9.17) is 15.0 Å². The van der Waals surface area contributed by atoms with Crippen LogP contribution in [0, 0.1) is 17.3 Å². The van der Waals surface area contributed by atoms with E-state index in [-0.39, 0.29) is 12.2 Å². The molecule has 4 aliphatic heterocycles. The number of carboxylic acid groups (broad SMARTS) is 1. The average molecular weight is 790 g/mol. The monoisotopic (exact) mass is 789 g/mol. The first-order chi connectivity index (χ1) is 26.7. The summed E-state index contributed by atoms with van der Waals surface area (Å²) in [6.45, 7) is 4.95. The Bertz CT molecular complexity index is 2000. The second-order valence-electron chi connectivity index (χ2n) is 15.2. The summed E-state index contributed by atoms with van der Waals surface area (Å²) < 4.78 is 77.8. The summed E-state index contributed by atoms with van der Waals surface area (Å²) in [5.41, 5.74) is 4.71. The Morgan fingerprint density at radius 3 is 2.45 bits per heavy atom. The lowest BCUT2D eigenvalue weighted by molar-refractivity contribution is -0.192. The zero-order valence-corrected chi connectivity index (χ0v) is 30.9. The minimum absolute atomic E-state index is 0.239. The number of carbonyl (C=O) groups excluding carboxylic acids is 1. The normalized spacial score (nSPS) is 24.4. The van der Waals surface area contributed by atoms with Crippen molar-refractivity contribution in [2.45, 2.75) is 75.3 Å². The van der Waals surface area contributed by atoms with Gasteiger partial charge in [-0.15, -0.1) is 5.10 Å². The van der Waals surface area contributed by atoms with Crippen LogP contribution in [0.4, 0.5) is 43.5 Å². The molecule has 1 unspecified atom stereocenters. The second kappa shape index (κ2) is 15.7. The number of amides is 1. The number of aromatic nitrogens is 3. The highest BCUT2D eigenvalue weighted by molar-refractivity contribution is 5.94. The van der Waals surface area contributed by atoms with Crippen molar-refractivity contribution < 1.29 is 41.0 Å². The van der Waals surface area contributed by atoms with Crippen LogP contribution in [-0.2, 0) is 11.2 Å². The molecule has 0 radical (unpaired) electrons. The second-order valence-corrected chi connectivity index (χ2v) is 15.2. The number of likely N-dealkylation sites (tertiary alicyclic amines) is 2. The van der Waals surface area contributed by atoms with Crippen molar-refractivity contribution >= 4 is 34.7 Å². The van der Waals surface area contributed by atoms with Gasteiger partial charge in [-0.25, -0.2) is 27.5 Å². The number of nitrogens with one attached hydrogen (secondary N) is 3. The maximum absolute atomic E-state index is 15.5. The molecule has 302 valence electrons. The summed E-state index contributed by atoms with van der Waals surface area (Å²) in [7, 11) is 1.78. The van der Waals surface area contributed by atoms with Gasteiger partial charge in [0.15, 0.2) is 17.2 Å². The molecule has 0 bridgehead atoms. The number of halogens is 6. The number of anilines is 3. The van der Waals surface area contributed by atoms with E-state index in [0.29, 0.717) is 55.0 Å². The van der Waals surface area contributed by atoms with Gasteiger partial charge in [0.1, 0.15) is 6.17 Å². The Balaban J connectivity index is 0.000000629. The van der Waals surface area contributed by atoms with Crippen LogP contribution < -0.4 is 20.9 Å². The van der Waals surface area contributed by atoms with Crippen LogP contribution in [0.5, 0.6) is 0 Å². The predicted molar refractivity (Wildman–Crippen MR) is 196 cm³/mol. The number of alkyl halides is 6. The largest absolute Gasteiger partial charge is 0.490 e. The third kappa shape index (κ3) is 8.40. The third-order valence-electron chi connectivity index (χ3n) is 11.7. The number of rotatable bonds is 6. The number of hydrogen-bond donors (Lipinski definition) is 4. The molecular formula is C38H45F6N9O3. The van der Waals surface area contributed by atoms with Crippen molar-refractivity contribution in [3.8, 4) is 11.8 Å². The van der Waals surface area contributed by atoms with E-state index in [0.717, 1.165) is 75.1 Å². The highest BCUT2D eigenvalue weighted by atomic mass is 19.4. The average Bonchev–Trinajstić information content (AvgIpc) is 3.49. The summed E-state index contributed by atoms with van der Waals surface area (Å²) in [5.74, 6) is 1.19. The SMILES string of the molecule is CNc1cc(N2CCc3c(C#CCN4CCC(N5CCC6(CCNCC6)CC5)C(F)(F)C4)cccc32)nn2c(C(=O)N[C@@H]3C[C@@H]3F)cnc12.O=C(O)C(F)(F)F. The molecule has 5 aliphatic rings. The molecule has 8 rings (SSSR count). The van der Waals surface area contributed by atoms with Crippen molar-refractivity contribution in [3.05, 3.63) is 47.3 Å². The fourth-order valence-electron chi connectivity index (χ4n) is 8.37. The molecule has 3 saturated heterocycles. The Morgan fingerprint density at radius 1 is 1.09 bits per heavy atom. The first-order valence-electron chi connectivity index (χ1n) is 18.9. The molecule has 6 heterocycles. The van der Waals surface area contributed by atoms with Crippen molar-refractivity contribution in [3.63, 3.8) is 0 Å². The molecule has 4 fully saturated rings. The minimum Gasteiger partial charge on any atom is -0.475 e. The Morgan fingerprint density at radius 2 is 1.80 bits per heavy atom. The van der Waals surface area contributed by atoms with Crippen LogP contribution >= 0.6 is 0 Å². The molecule has 1 spiro atoms. The maximum atomic E-state index is 15.5. The number of nitrogens with zero attached hydrogens (tertiary/aromatic N) is 6. The number of carbonyl (C=O) groups is 2. The van der Waals surface area contributed by atoms with Crippen molar-refractivity contribution in [2.75, 3.05) is 69.6 Å². The van der Waals surface area contributed by atoms with Gasteiger partial charge in [-0.2, -0.15) is 13.2 Å².